The monoisotopic (exact) mass is 528 g/mol. The van der Waals surface area contributed by atoms with Crippen LogP contribution < -0.4 is 16.0 Å². The van der Waals surface area contributed by atoms with Crippen LogP contribution in [0.15, 0.2) is 46.1 Å². The van der Waals surface area contributed by atoms with E-state index >= 15 is 0 Å². The highest BCUT2D eigenvalue weighted by Gasteiger charge is 2.16. The van der Waals surface area contributed by atoms with Gasteiger partial charge in [-0.05, 0) is 59.9 Å². The van der Waals surface area contributed by atoms with Crippen LogP contribution in [0.1, 0.15) is 41.3 Å². The molecule has 29 heavy (non-hydrogen) atoms. The van der Waals surface area contributed by atoms with Crippen LogP contribution in [0.3, 0.4) is 0 Å². The van der Waals surface area contributed by atoms with Gasteiger partial charge in [0.2, 0.25) is 0 Å². The fraction of sp³-hybridized carbons (Fsp3) is 0.429. The number of carbonyl (C=O) groups excluding carboxylic acids is 1. The molecule has 1 aliphatic heterocycles. The number of nitrogens with zero attached hydrogens (tertiary/aromatic N) is 1. The molecule has 1 unspecified atom stereocenters. The summed E-state index contributed by atoms with van der Waals surface area (Å²) in [7, 11) is 0. The zero-order valence-corrected chi connectivity index (χ0v) is 19.8. The Bertz CT molecular complexity index is 777. The Morgan fingerprint density at radius 2 is 2.14 bits per heavy atom. The number of guanidine groups is 1. The number of halogens is 1. The second kappa shape index (κ2) is 12.8. The first-order chi connectivity index (χ1) is 13.7. The van der Waals surface area contributed by atoms with Crippen molar-refractivity contribution in [3.05, 3.63) is 57.8 Å². The van der Waals surface area contributed by atoms with Crippen molar-refractivity contribution in [3.8, 4) is 0 Å². The van der Waals surface area contributed by atoms with Gasteiger partial charge in [0, 0.05) is 31.8 Å². The highest BCUT2D eigenvalue weighted by molar-refractivity contribution is 14.0. The molecule has 0 aliphatic carbocycles. The van der Waals surface area contributed by atoms with Crippen LogP contribution in [0, 0.1) is 0 Å². The Morgan fingerprint density at radius 1 is 1.24 bits per heavy atom. The van der Waals surface area contributed by atoms with E-state index in [9.17, 15) is 4.79 Å². The van der Waals surface area contributed by atoms with E-state index in [-0.39, 0.29) is 36.0 Å². The summed E-state index contributed by atoms with van der Waals surface area (Å²) in [6.07, 6.45) is 2.24. The van der Waals surface area contributed by atoms with Gasteiger partial charge in [-0.25, -0.2) is 4.99 Å². The van der Waals surface area contributed by atoms with Crippen LogP contribution in [0.2, 0.25) is 0 Å². The van der Waals surface area contributed by atoms with Gasteiger partial charge in [-0.2, -0.15) is 11.3 Å². The van der Waals surface area contributed by atoms with Gasteiger partial charge in [-0.1, -0.05) is 12.1 Å². The molecule has 1 saturated heterocycles. The maximum Gasteiger partial charge on any atom is 0.251 e. The normalized spacial score (nSPS) is 16.2. The first-order valence-electron chi connectivity index (χ1n) is 9.76. The lowest BCUT2D eigenvalue weighted by atomic mass is 10.1. The highest BCUT2D eigenvalue weighted by Crippen LogP contribution is 2.11. The van der Waals surface area contributed by atoms with Gasteiger partial charge in [0.05, 0.1) is 12.6 Å². The zero-order chi connectivity index (χ0) is 19.6. The van der Waals surface area contributed by atoms with E-state index in [1.807, 2.05) is 31.2 Å². The Labute approximate surface area is 193 Å². The van der Waals surface area contributed by atoms with Crippen molar-refractivity contribution < 1.29 is 9.53 Å². The number of rotatable bonds is 8. The van der Waals surface area contributed by atoms with E-state index in [0.29, 0.717) is 25.2 Å². The molecular formula is C21H29IN4O2S. The summed E-state index contributed by atoms with van der Waals surface area (Å²) >= 11 is 1.68. The molecule has 1 amide bonds. The van der Waals surface area contributed by atoms with E-state index in [1.54, 1.807) is 11.3 Å². The maximum absolute atomic E-state index is 12.4. The number of nitrogens with one attached hydrogen (secondary N) is 3. The van der Waals surface area contributed by atoms with Crippen LogP contribution in [0.25, 0.3) is 0 Å². The van der Waals surface area contributed by atoms with E-state index in [0.717, 1.165) is 37.5 Å². The SMILES string of the molecule is CCNC(=NCc1ccsc1)NCc1cccc(C(=O)NCC2CCCO2)c1.I. The minimum Gasteiger partial charge on any atom is -0.376 e. The average molecular weight is 528 g/mol. The van der Waals surface area contributed by atoms with Gasteiger partial charge >= 0.3 is 0 Å². The molecule has 3 N–H and O–H groups in total. The molecule has 2 heterocycles. The predicted octanol–water partition coefficient (Wildman–Crippen LogP) is 3.53. The van der Waals surface area contributed by atoms with Crippen molar-refractivity contribution >= 4 is 47.2 Å². The first-order valence-corrected chi connectivity index (χ1v) is 10.7. The molecule has 6 nitrogen and oxygen atoms in total. The number of carbonyl (C=O) groups is 1. The number of amides is 1. The highest BCUT2D eigenvalue weighted by atomic mass is 127. The van der Waals surface area contributed by atoms with Crippen molar-refractivity contribution in [1.82, 2.24) is 16.0 Å². The predicted molar refractivity (Wildman–Crippen MR) is 129 cm³/mol. The number of hydrogen-bond acceptors (Lipinski definition) is 4. The van der Waals surface area contributed by atoms with Gasteiger partial charge in [0.1, 0.15) is 0 Å². The number of ether oxygens (including phenoxy) is 1. The molecule has 158 valence electrons. The van der Waals surface area contributed by atoms with Crippen molar-refractivity contribution in [2.45, 2.75) is 39.0 Å². The number of benzene rings is 1. The van der Waals surface area contributed by atoms with Crippen molar-refractivity contribution in [2.24, 2.45) is 4.99 Å². The first kappa shape index (κ1) is 23.6. The Hall–Kier alpha value is -1.65. The summed E-state index contributed by atoms with van der Waals surface area (Å²) in [6.45, 7) is 5.44. The van der Waals surface area contributed by atoms with Gasteiger partial charge in [0.15, 0.2) is 5.96 Å². The van der Waals surface area contributed by atoms with E-state index in [2.05, 4.69) is 37.8 Å². The van der Waals surface area contributed by atoms with E-state index < -0.39 is 0 Å². The standard InChI is InChI=1S/C21H28N4O2S.HI/c1-2-22-21(25-13-17-8-10-28-15-17)24-12-16-5-3-6-18(11-16)20(26)23-14-19-7-4-9-27-19;/h3,5-6,8,10-11,15,19H,2,4,7,9,12-14H2,1H3,(H,23,26)(H2,22,24,25);1H. The summed E-state index contributed by atoms with van der Waals surface area (Å²) < 4.78 is 5.56. The fourth-order valence-electron chi connectivity index (χ4n) is 3.02. The molecule has 2 aromatic rings. The van der Waals surface area contributed by atoms with Crippen LogP contribution in [0.4, 0.5) is 0 Å². The van der Waals surface area contributed by atoms with Crippen molar-refractivity contribution in [1.29, 1.82) is 0 Å². The van der Waals surface area contributed by atoms with Crippen LogP contribution in [-0.4, -0.2) is 37.7 Å². The molecule has 8 heteroatoms. The summed E-state index contributed by atoms with van der Waals surface area (Å²) in [5.41, 5.74) is 2.90. The third-order valence-electron chi connectivity index (χ3n) is 4.51. The molecule has 3 rings (SSSR count). The largest absolute Gasteiger partial charge is 0.376 e. The molecule has 1 aromatic carbocycles. The molecule has 0 spiro atoms. The van der Waals surface area contributed by atoms with Gasteiger partial charge in [-0.15, -0.1) is 24.0 Å². The Morgan fingerprint density at radius 3 is 2.86 bits per heavy atom. The third kappa shape index (κ3) is 7.94. The lowest BCUT2D eigenvalue weighted by molar-refractivity contribution is 0.0857. The quantitative estimate of drug-likeness (QED) is 0.279. The van der Waals surface area contributed by atoms with Crippen LogP contribution in [-0.2, 0) is 17.8 Å². The van der Waals surface area contributed by atoms with E-state index in [1.165, 1.54) is 5.56 Å². The maximum atomic E-state index is 12.4. The van der Waals surface area contributed by atoms with Gasteiger partial charge < -0.3 is 20.7 Å². The lowest BCUT2D eigenvalue weighted by Gasteiger charge is -2.13. The average Bonchev–Trinajstić information content (AvgIpc) is 3.42. The molecule has 0 bridgehead atoms. The molecule has 1 aromatic heterocycles. The second-order valence-electron chi connectivity index (χ2n) is 6.73. The zero-order valence-electron chi connectivity index (χ0n) is 16.6. The molecule has 1 aliphatic rings. The molecule has 0 radical (unpaired) electrons. The smallest absolute Gasteiger partial charge is 0.251 e. The topological polar surface area (TPSA) is 74.8 Å². The van der Waals surface area contributed by atoms with Gasteiger partial charge in [0.25, 0.3) is 5.91 Å². The minimum atomic E-state index is -0.0598. The molecular weight excluding hydrogens is 499 g/mol. The molecule has 1 fully saturated rings. The van der Waals surface area contributed by atoms with Crippen molar-refractivity contribution in [3.63, 3.8) is 0 Å². The number of aliphatic imine (C=N–C) groups is 1. The Kier molecular flexibility index (Phi) is 10.4. The molecule has 0 saturated carbocycles. The summed E-state index contributed by atoms with van der Waals surface area (Å²) in [5.74, 6) is 0.706. The summed E-state index contributed by atoms with van der Waals surface area (Å²) in [6, 6.07) is 9.75. The lowest BCUT2D eigenvalue weighted by Crippen LogP contribution is -2.36. The Balaban J connectivity index is 0.00000300. The van der Waals surface area contributed by atoms with E-state index in [4.69, 9.17) is 4.74 Å². The summed E-state index contributed by atoms with van der Waals surface area (Å²) in [4.78, 5) is 17.0. The minimum absolute atomic E-state index is 0. The molecule has 1 atom stereocenters. The fourth-order valence-corrected chi connectivity index (χ4v) is 3.68. The number of hydrogen-bond donors (Lipinski definition) is 3. The van der Waals surface area contributed by atoms with Crippen molar-refractivity contribution in [2.75, 3.05) is 19.7 Å². The summed E-state index contributed by atoms with van der Waals surface area (Å²) in [5, 5.41) is 13.7. The van der Waals surface area contributed by atoms with Crippen LogP contribution in [0.5, 0.6) is 0 Å². The van der Waals surface area contributed by atoms with Gasteiger partial charge in [-0.3, -0.25) is 4.79 Å². The third-order valence-corrected chi connectivity index (χ3v) is 5.24. The van der Waals surface area contributed by atoms with Crippen LogP contribution >= 0.6 is 35.3 Å². The number of thiophene rings is 1. The second-order valence-corrected chi connectivity index (χ2v) is 7.51.